The second-order valence-electron chi connectivity index (χ2n) is 8.18. The molecule has 0 rings (SSSR count). The molecule has 0 spiro atoms. The molecule has 3 amide bonds. The smallest absolute Gasteiger partial charge is 0.326 e. The Morgan fingerprint density at radius 1 is 0.875 bits per heavy atom. The molecule has 184 valence electrons. The molecule has 0 aliphatic rings. The Labute approximate surface area is 193 Å². The predicted octanol–water partition coefficient (Wildman–Crippen LogP) is -0.260. The van der Waals surface area contributed by atoms with Crippen molar-refractivity contribution >= 4 is 42.3 Å². The SMILES string of the molecule is CCC(C)C(N)C(=O)NC(CCC(=O)O)C(=O)NC(CS)C(=O)NC(CC(C)C)C(=O)O. The fourth-order valence-electron chi connectivity index (χ4n) is 2.75. The second-order valence-corrected chi connectivity index (χ2v) is 8.54. The number of hydrogen-bond donors (Lipinski definition) is 7. The van der Waals surface area contributed by atoms with Gasteiger partial charge in [0.15, 0.2) is 0 Å². The molecule has 12 heteroatoms. The van der Waals surface area contributed by atoms with Crippen LogP contribution in [0.5, 0.6) is 0 Å². The summed E-state index contributed by atoms with van der Waals surface area (Å²) in [6.07, 6.45) is 0.207. The number of carbonyl (C=O) groups is 5. The molecule has 0 saturated carbocycles. The minimum Gasteiger partial charge on any atom is -0.481 e. The maximum Gasteiger partial charge on any atom is 0.326 e. The van der Waals surface area contributed by atoms with Crippen LogP contribution in [0.1, 0.15) is 53.4 Å². The predicted molar refractivity (Wildman–Crippen MR) is 121 cm³/mol. The summed E-state index contributed by atoms with van der Waals surface area (Å²) in [5, 5.41) is 25.5. The third-order valence-corrected chi connectivity index (χ3v) is 5.34. The van der Waals surface area contributed by atoms with Crippen LogP contribution in [0.3, 0.4) is 0 Å². The average Bonchev–Trinajstić information content (AvgIpc) is 2.71. The zero-order valence-electron chi connectivity index (χ0n) is 19.0. The summed E-state index contributed by atoms with van der Waals surface area (Å²) in [5.41, 5.74) is 5.88. The topological polar surface area (TPSA) is 188 Å². The number of carboxylic acids is 2. The lowest BCUT2D eigenvalue weighted by molar-refractivity contribution is -0.142. The zero-order chi connectivity index (χ0) is 25.0. The van der Waals surface area contributed by atoms with Gasteiger partial charge in [0, 0.05) is 12.2 Å². The van der Waals surface area contributed by atoms with Gasteiger partial charge in [0.1, 0.15) is 18.1 Å². The molecule has 5 unspecified atom stereocenters. The molecule has 0 aromatic rings. The molecule has 0 saturated heterocycles. The van der Waals surface area contributed by atoms with Crippen molar-refractivity contribution < 1.29 is 34.2 Å². The largest absolute Gasteiger partial charge is 0.481 e. The number of carboxylic acid groups (broad SMARTS) is 2. The summed E-state index contributed by atoms with van der Waals surface area (Å²) in [4.78, 5) is 60.0. The van der Waals surface area contributed by atoms with E-state index in [0.29, 0.717) is 6.42 Å². The average molecular weight is 477 g/mol. The fourth-order valence-corrected chi connectivity index (χ4v) is 3.01. The summed E-state index contributed by atoms with van der Waals surface area (Å²) in [6, 6.07) is -4.46. The first-order valence-corrected chi connectivity index (χ1v) is 11.2. The summed E-state index contributed by atoms with van der Waals surface area (Å²) in [7, 11) is 0. The fraction of sp³-hybridized carbons (Fsp3) is 0.750. The molecule has 32 heavy (non-hydrogen) atoms. The first kappa shape index (κ1) is 29.7. The molecule has 0 aliphatic carbocycles. The van der Waals surface area contributed by atoms with Crippen LogP contribution in [0.2, 0.25) is 0 Å². The van der Waals surface area contributed by atoms with Crippen LogP contribution in [0.25, 0.3) is 0 Å². The molecular weight excluding hydrogens is 440 g/mol. The van der Waals surface area contributed by atoms with E-state index in [-0.39, 0.29) is 30.4 Å². The van der Waals surface area contributed by atoms with Gasteiger partial charge in [0.2, 0.25) is 17.7 Å². The number of amides is 3. The Morgan fingerprint density at radius 2 is 1.38 bits per heavy atom. The quantitative estimate of drug-likeness (QED) is 0.157. The number of carbonyl (C=O) groups excluding carboxylic acids is 3. The highest BCUT2D eigenvalue weighted by Crippen LogP contribution is 2.08. The minimum absolute atomic E-state index is 0.00535. The van der Waals surface area contributed by atoms with Crippen molar-refractivity contribution in [2.24, 2.45) is 17.6 Å². The van der Waals surface area contributed by atoms with E-state index in [9.17, 15) is 29.1 Å². The Kier molecular flexibility index (Phi) is 13.6. The van der Waals surface area contributed by atoms with Crippen molar-refractivity contribution in [1.82, 2.24) is 16.0 Å². The van der Waals surface area contributed by atoms with Crippen LogP contribution < -0.4 is 21.7 Å². The highest BCUT2D eigenvalue weighted by molar-refractivity contribution is 7.80. The van der Waals surface area contributed by atoms with Gasteiger partial charge in [-0.25, -0.2) is 4.79 Å². The second kappa shape index (κ2) is 14.7. The number of aliphatic carboxylic acids is 2. The number of thiol groups is 1. The highest BCUT2D eigenvalue weighted by Gasteiger charge is 2.31. The van der Waals surface area contributed by atoms with E-state index < -0.39 is 60.2 Å². The van der Waals surface area contributed by atoms with Crippen molar-refractivity contribution in [1.29, 1.82) is 0 Å². The van der Waals surface area contributed by atoms with Gasteiger partial charge in [-0.1, -0.05) is 34.1 Å². The minimum atomic E-state index is -1.24. The van der Waals surface area contributed by atoms with Crippen molar-refractivity contribution in [3.63, 3.8) is 0 Å². The van der Waals surface area contributed by atoms with Crippen molar-refractivity contribution in [2.45, 2.75) is 77.5 Å². The molecule has 0 aromatic carbocycles. The third-order valence-electron chi connectivity index (χ3n) is 4.98. The molecule has 0 bridgehead atoms. The van der Waals surface area contributed by atoms with Gasteiger partial charge in [0.25, 0.3) is 0 Å². The van der Waals surface area contributed by atoms with Crippen molar-refractivity contribution in [2.75, 3.05) is 5.75 Å². The molecule has 5 atom stereocenters. The van der Waals surface area contributed by atoms with Gasteiger partial charge in [-0.2, -0.15) is 12.6 Å². The van der Waals surface area contributed by atoms with Crippen LogP contribution in [0.15, 0.2) is 0 Å². The first-order chi connectivity index (χ1) is 14.8. The van der Waals surface area contributed by atoms with Crippen molar-refractivity contribution in [3.8, 4) is 0 Å². The van der Waals surface area contributed by atoms with E-state index in [1.165, 1.54) is 0 Å². The maximum atomic E-state index is 12.7. The first-order valence-electron chi connectivity index (χ1n) is 10.6. The third kappa shape index (κ3) is 10.8. The van der Waals surface area contributed by atoms with Crippen LogP contribution >= 0.6 is 12.6 Å². The maximum absolute atomic E-state index is 12.7. The molecule has 7 N–H and O–H groups in total. The number of rotatable bonds is 15. The standard InChI is InChI=1S/C20H36N4O7S/c1-5-11(4)16(21)19(29)22-12(6-7-15(25)26)17(27)24-14(9-32)18(28)23-13(20(30)31)8-10(2)3/h10-14,16,32H,5-9,21H2,1-4H3,(H,22,29)(H,23,28)(H,24,27)(H,25,26)(H,30,31). The van der Waals surface area contributed by atoms with Gasteiger partial charge >= 0.3 is 11.9 Å². The Hall–Kier alpha value is -2.34. The lowest BCUT2D eigenvalue weighted by atomic mass is 9.98. The molecule has 0 heterocycles. The van der Waals surface area contributed by atoms with Gasteiger partial charge in [-0.05, 0) is 24.7 Å². The molecule has 0 fully saturated rings. The molecule has 0 radical (unpaired) electrons. The van der Waals surface area contributed by atoms with E-state index in [2.05, 4.69) is 28.6 Å². The Balaban J connectivity index is 5.34. The van der Waals surface area contributed by atoms with Gasteiger partial charge in [0.05, 0.1) is 6.04 Å². The Morgan fingerprint density at radius 3 is 1.81 bits per heavy atom. The Bertz CT molecular complexity index is 674. The number of nitrogens with two attached hydrogens (primary N) is 1. The summed E-state index contributed by atoms with van der Waals surface area (Å²) in [6.45, 7) is 7.24. The van der Waals surface area contributed by atoms with Gasteiger partial charge < -0.3 is 31.9 Å². The van der Waals surface area contributed by atoms with E-state index in [1.54, 1.807) is 20.8 Å². The molecule has 0 aliphatic heterocycles. The van der Waals surface area contributed by atoms with Crippen LogP contribution in [-0.2, 0) is 24.0 Å². The monoisotopic (exact) mass is 476 g/mol. The zero-order valence-corrected chi connectivity index (χ0v) is 19.9. The normalized spacial score (nSPS) is 15.7. The van der Waals surface area contributed by atoms with E-state index in [1.807, 2.05) is 6.92 Å². The van der Waals surface area contributed by atoms with Crippen LogP contribution in [0, 0.1) is 11.8 Å². The molecule has 11 nitrogen and oxygen atoms in total. The lowest BCUT2D eigenvalue weighted by Crippen LogP contribution is -2.58. The van der Waals surface area contributed by atoms with E-state index in [4.69, 9.17) is 10.8 Å². The van der Waals surface area contributed by atoms with Crippen LogP contribution in [0.4, 0.5) is 0 Å². The van der Waals surface area contributed by atoms with Crippen LogP contribution in [-0.4, -0.2) is 69.8 Å². The summed E-state index contributed by atoms with van der Waals surface area (Å²) < 4.78 is 0. The van der Waals surface area contributed by atoms with E-state index >= 15 is 0 Å². The van der Waals surface area contributed by atoms with Gasteiger partial charge in [-0.15, -0.1) is 0 Å². The van der Waals surface area contributed by atoms with Gasteiger partial charge in [-0.3, -0.25) is 19.2 Å². The van der Waals surface area contributed by atoms with Crippen molar-refractivity contribution in [3.05, 3.63) is 0 Å². The molecular formula is C20H36N4O7S. The lowest BCUT2D eigenvalue weighted by Gasteiger charge is -2.25. The highest BCUT2D eigenvalue weighted by atomic mass is 32.1. The summed E-state index contributed by atoms with van der Waals surface area (Å²) in [5.74, 6) is -4.82. The van der Waals surface area contributed by atoms with E-state index in [0.717, 1.165) is 0 Å². The number of hydrogen-bond acceptors (Lipinski definition) is 7. The molecule has 0 aromatic heterocycles. The summed E-state index contributed by atoms with van der Waals surface area (Å²) >= 11 is 4.04. The number of nitrogens with one attached hydrogen (secondary N) is 3.